The summed E-state index contributed by atoms with van der Waals surface area (Å²) in [7, 11) is 3.13. The first-order valence-corrected chi connectivity index (χ1v) is 6.63. The Labute approximate surface area is 113 Å². The van der Waals surface area contributed by atoms with E-state index in [9.17, 15) is 5.11 Å². The van der Waals surface area contributed by atoms with Crippen LogP contribution < -0.4 is 9.47 Å². The number of benzene rings is 1. The van der Waals surface area contributed by atoms with Crippen molar-refractivity contribution in [3.05, 3.63) is 22.7 Å². The van der Waals surface area contributed by atoms with Crippen molar-refractivity contribution in [3.8, 4) is 11.5 Å². The second kappa shape index (κ2) is 5.37. The molecule has 1 N–H and O–H groups in total. The van der Waals surface area contributed by atoms with Crippen LogP contribution in [0.25, 0.3) is 0 Å². The average molecular weight is 271 g/mol. The zero-order valence-corrected chi connectivity index (χ0v) is 11.6. The van der Waals surface area contributed by atoms with Crippen LogP contribution >= 0.6 is 11.6 Å². The van der Waals surface area contributed by atoms with Gasteiger partial charge in [-0.05, 0) is 30.5 Å². The first-order valence-electron chi connectivity index (χ1n) is 6.25. The number of rotatable bonds is 3. The molecule has 0 amide bonds. The van der Waals surface area contributed by atoms with Crippen molar-refractivity contribution in [2.45, 2.75) is 37.7 Å². The fourth-order valence-electron chi connectivity index (χ4n) is 2.61. The van der Waals surface area contributed by atoms with Crippen LogP contribution in [-0.4, -0.2) is 19.3 Å². The molecule has 4 heteroatoms. The zero-order valence-electron chi connectivity index (χ0n) is 10.8. The summed E-state index contributed by atoms with van der Waals surface area (Å²) in [6.07, 6.45) is 4.83. The predicted molar refractivity (Wildman–Crippen MR) is 71.5 cm³/mol. The minimum absolute atomic E-state index is 0.478. The molecule has 18 heavy (non-hydrogen) atoms. The molecule has 1 aromatic carbocycles. The van der Waals surface area contributed by atoms with E-state index >= 15 is 0 Å². The maximum absolute atomic E-state index is 10.7. The Morgan fingerprint density at radius 1 is 1.11 bits per heavy atom. The van der Waals surface area contributed by atoms with Gasteiger partial charge in [-0.25, -0.2) is 0 Å². The lowest BCUT2D eigenvalue weighted by Gasteiger charge is -2.33. The van der Waals surface area contributed by atoms with Crippen molar-refractivity contribution in [3.63, 3.8) is 0 Å². The van der Waals surface area contributed by atoms with Crippen LogP contribution in [0.15, 0.2) is 12.1 Å². The quantitative estimate of drug-likeness (QED) is 0.913. The Hall–Kier alpha value is -0.930. The van der Waals surface area contributed by atoms with Crippen LogP contribution in [0.5, 0.6) is 11.5 Å². The highest BCUT2D eigenvalue weighted by atomic mass is 35.5. The second-order valence-corrected chi connectivity index (χ2v) is 5.19. The van der Waals surface area contributed by atoms with E-state index in [2.05, 4.69) is 0 Å². The van der Waals surface area contributed by atoms with Gasteiger partial charge in [0, 0.05) is 0 Å². The van der Waals surface area contributed by atoms with Gasteiger partial charge in [0.25, 0.3) is 0 Å². The van der Waals surface area contributed by atoms with E-state index in [0.29, 0.717) is 16.5 Å². The molecule has 2 rings (SSSR count). The molecule has 0 aliphatic heterocycles. The van der Waals surface area contributed by atoms with Gasteiger partial charge in [0.15, 0.2) is 11.5 Å². The summed E-state index contributed by atoms with van der Waals surface area (Å²) >= 11 is 6.18. The lowest BCUT2D eigenvalue weighted by molar-refractivity contribution is -0.000827. The smallest absolute Gasteiger partial charge is 0.179 e. The van der Waals surface area contributed by atoms with Crippen molar-refractivity contribution in [1.29, 1.82) is 0 Å². The second-order valence-electron chi connectivity index (χ2n) is 4.79. The van der Waals surface area contributed by atoms with E-state index in [4.69, 9.17) is 21.1 Å². The topological polar surface area (TPSA) is 38.7 Å². The van der Waals surface area contributed by atoms with Gasteiger partial charge in [0.2, 0.25) is 0 Å². The fraction of sp³-hybridized carbons (Fsp3) is 0.571. The lowest BCUT2D eigenvalue weighted by atomic mass is 9.79. The molecule has 0 atom stereocenters. The molecule has 1 saturated carbocycles. The zero-order chi connectivity index (χ0) is 13.2. The van der Waals surface area contributed by atoms with Crippen molar-refractivity contribution in [2.24, 2.45) is 0 Å². The largest absolute Gasteiger partial charge is 0.493 e. The summed E-state index contributed by atoms with van der Waals surface area (Å²) in [5, 5.41) is 11.2. The highest BCUT2D eigenvalue weighted by Gasteiger charge is 2.32. The van der Waals surface area contributed by atoms with Gasteiger partial charge in [-0.15, -0.1) is 0 Å². The number of hydrogen-bond acceptors (Lipinski definition) is 3. The first kappa shape index (κ1) is 13.5. The molecule has 1 aliphatic carbocycles. The van der Waals surface area contributed by atoms with Gasteiger partial charge in [-0.3, -0.25) is 0 Å². The van der Waals surface area contributed by atoms with Gasteiger partial charge in [0.05, 0.1) is 24.8 Å². The predicted octanol–water partition coefficient (Wildman–Crippen LogP) is 3.51. The maximum atomic E-state index is 10.7. The molecule has 100 valence electrons. The molecule has 0 radical (unpaired) electrons. The SMILES string of the molecule is COc1cc(C2(O)CCCCC2)cc(Cl)c1OC. The monoisotopic (exact) mass is 270 g/mol. The Balaban J connectivity index is 2.42. The van der Waals surface area contributed by atoms with Gasteiger partial charge in [-0.1, -0.05) is 30.9 Å². The molecule has 3 nitrogen and oxygen atoms in total. The molecular formula is C14H19ClO3. The van der Waals surface area contributed by atoms with E-state index in [0.717, 1.165) is 31.2 Å². The summed E-state index contributed by atoms with van der Waals surface area (Å²) in [6.45, 7) is 0. The number of ether oxygens (including phenoxy) is 2. The van der Waals surface area contributed by atoms with E-state index in [-0.39, 0.29) is 0 Å². The molecule has 1 fully saturated rings. The van der Waals surface area contributed by atoms with Crippen LogP contribution in [0.2, 0.25) is 5.02 Å². The molecule has 1 aliphatic rings. The van der Waals surface area contributed by atoms with Gasteiger partial charge >= 0.3 is 0 Å². The lowest BCUT2D eigenvalue weighted by Crippen LogP contribution is -2.28. The summed E-state index contributed by atoms with van der Waals surface area (Å²) < 4.78 is 10.5. The third-order valence-corrected chi connectivity index (χ3v) is 3.93. The number of halogens is 1. The molecule has 1 aromatic rings. The van der Waals surface area contributed by atoms with Gasteiger partial charge in [-0.2, -0.15) is 0 Å². The molecule has 0 bridgehead atoms. The normalized spacial score (nSPS) is 18.4. The Morgan fingerprint density at radius 3 is 2.33 bits per heavy atom. The van der Waals surface area contributed by atoms with Crippen LogP contribution in [0.3, 0.4) is 0 Å². The van der Waals surface area contributed by atoms with Crippen LogP contribution in [-0.2, 0) is 5.60 Å². The van der Waals surface area contributed by atoms with Crippen LogP contribution in [0.4, 0.5) is 0 Å². The summed E-state index contributed by atoms with van der Waals surface area (Å²) in [5.41, 5.74) is 0.0476. The number of methoxy groups -OCH3 is 2. The number of hydrogen-bond donors (Lipinski definition) is 1. The Morgan fingerprint density at radius 2 is 1.78 bits per heavy atom. The first-order chi connectivity index (χ1) is 8.60. The van der Waals surface area contributed by atoms with Crippen LogP contribution in [0.1, 0.15) is 37.7 Å². The van der Waals surface area contributed by atoms with Crippen molar-refractivity contribution in [2.75, 3.05) is 14.2 Å². The molecule has 0 aromatic heterocycles. The molecular weight excluding hydrogens is 252 g/mol. The molecule has 0 heterocycles. The highest BCUT2D eigenvalue weighted by molar-refractivity contribution is 6.32. The summed E-state index contributed by atoms with van der Waals surface area (Å²) in [5.74, 6) is 1.08. The number of aliphatic hydroxyl groups is 1. The Bertz CT molecular complexity index is 425. The molecule has 0 saturated heterocycles. The van der Waals surface area contributed by atoms with Gasteiger partial charge < -0.3 is 14.6 Å². The van der Waals surface area contributed by atoms with Crippen molar-refractivity contribution in [1.82, 2.24) is 0 Å². The maximum Gasteiger partial charge on any atom is 0.179 e. The minimum Gasteiger partial charge on any atom is -0.493 e. The fourth-order valence-corrected chi connectivity index (χ4v) is 2.90. The van der Waals surface area contributed by atoms with Crippen molar-refractivity contribution < 1.29 is 14.6 Å². The standard InChI is InChI=1S/C14H19ClO3/c1-17-12-9-10(8-11(15)13(12)18-2)14(16)6-4-3-5-7-14/h8-9,16H,3-7H2,1-2H3. The minimum atomic E-state index is -0.776. The van der Waals surface area contributed by atoms with E-state index in [1.807, 2.05) is 6.07 Å². The average Bonchev–Trinajstić information content (AvgIpc) is 2.38. The van der Waals surface area contributed by atoms with E-state index in [1.165, 1.54) is 6.42 Å². The molecule has 0 unspecified atom stereocenters. The third kappa shape index (κ3) is 2.43. The Kier molecular flexibility index (Phi) is 4.03. The third-order valence-electron chi connectivity index (χ3n) is 3.65. The van der Waals surface area contributed by atoms with Crippen LogP contribution in [0, 0.1) is 0 Å². The van der Waals surface area contributed by atoms with E-state index in [1.54, 1.807) is 20.3 Å². The molecule has 0 spiro atoms. The van der Waals surface area contributed by atoms with Gasteiger partial charge in [0.1, 0.15) is 0 Å². The summed E-state index contributed by atoms with van der Waals surface area (Å²) in [4.78, 5) is 0. The highest BCUT2D eigenvalue weighted by Crippen LogP contribution is 2.43. The van der Waals surface area contributed by atoms with Crippen molar-refractivity contribution >= 4 is 11.6 Å². The van der Waals surface area contributed by atoms with E-state index < -0.39 is 5.60 Å². The summed E-state index contributed by atoms with van der Waals surface area (Å²) in [6, 6.07) is 3.62.